The van der Waals surface area contributed by atoms with Crippen LogP contribution >= 0.6 is 11.6 Å². The normalized spacial score (nSPS) is 14.3. The smallest absolute Gasteiger partial charge is 0.264 e. The van der Waals surface area contributed by atoms with E-state index < -0.39 is 28.5 Å². The van der Waals surface area contributed by atoms with Crippen molar-refractivity contribution in [1.82, 2.24) is 10.2 Å². The highest BCUT2D eigenvalue weighted by atomic mass is 35.5. The molecule has 0 spiro atoms. The average Bonchev–Trinajstić information content (AvgIpc) is 3.08. The third kappa shape index (κ3) is 8.82. The van der Waals surface area contributed by atoms with Gasteiger partial charge in [0, 0.05) is 24.0 Å². The number of carbonyl (C=O) groups excluding carboxylic acids is 2. The van der Waals surface area contributed by atoms with Crippen LogP contribution in [0, 0.1) is 13.8 Å². The van der Waals surface area contributed by atoms with Crippen molar-refractivity contribution in [3.8, 4) is 0 Å². The van der Waals surface area contributed by atoms with Gasteiger partial charge < -0.3 is 10.2 Å². The van der Waals surface area contributed by atoms with E-state index in [9.17, 15) is 18.0 Å². The molecule has 1 aliphatic rings. The lowest BCUT2D eigenvalue weighted by molar-refractivity contribution is -0.140. The van der Waals surface area contributed by atoms with Gasteiger partial charge in [-0.05, 0) is 85.3 Å². The van der Waals surface area contributed by atoms with Gasteiger partial charge in [-0.2, -0.15) is 0 Å². The van der Waals surface area contributed by atoms with Crippen LogP contribution in [0.5, 0.6) is 0 Å². The van der Waals surface area contributed by atoms with Gasteiger partial charge in [0.15, 0.2) is 0 Å². The van der Waals surface area contributed by atoms with Crippen LogP contribution in [0.25, 0.3) is 0 Å². The molecule has 47 heavy (non-hydrogen) atoms. The number of sulfonamides is 1. The minimum atomic E-state index is -4.20. The Labute approximate surface area is 283 Å². The highest BCUT2D eigenvalue weighted by Crippen LogP contribution is 2.28. The summed E-state index contributed by atoms with van der Waals surface area (Å²) >= 11 is 6.09. The SMILES string of the molecule is Cc1ccc(N(CC(=O)N(Cc2ccccc2)C(Cc2ccccc2)C(=O)NC2CCCCC2)S(=O)(=O)c2ccc(Cl)cc2)cc1C. The third-order valence-electron chi connectivity index (χ3n) is 8.88. The van der Waals surface area contributed by atoms with Gasteiger partial charge in [0.1, 0.15) is 12.6 Å². The second-order valence-electron chi connectivity index (χ2n) is 12.3. The van der Waals surface area contributed by atoms with Crippen molar-refractivity contribution in [2.24, 2.45) is 0 Å². The number of hydrogen-bond donors (Lipinski definition) is 1. The fourth-order valence-corrected chi connectivity index (χ4v) is 7.55. The predicted octanol–water partition coefficient (Wildman–Crippen LogP) is 7.24. The highest BCUT2D eigenvalue weighted by Gasteiger charge is 2.35. The summed E-state index contributed by atoms with van der Waals surface area (Å²) in [5.74, 6) is -0.715. The summed E-state index contributed by atoms with van der Waals surface area (Å²) < 4.78 is 29.6. The van der Waals surface area contributed by atoms with E-state index in [1.54, 1.807) is 17.0 Å². The first-order valence-electron chi connectivity index (χ1n) is 16.1. The molecule has 1 unspecified atom stereocenters. The van der Waals surface area contributed by atoms with E-state index in [-0.39, 0.29) is 29.8 Å². The molecule has 1 fully saturated rings. The number of carbonyl (C=O) groups is 2. The van der Waals surface area contributed by atoms with Gasteiger partial charge in [0.05, 0.1) is 10.6 Å². The topological polar surface area (TPSA) is 86.8 Å². The maximum atomic E-state index is 14.7. The number of aryl methyl sites for hydroxylation is 2. The van der Waals surface area contributed by atoms with Gasteiger partial charge in [-0.1, -0.05) is 97.6 Å². The van der Waals surface area contributed by atoms with Crippen LogP contribution in [0.15, 0.2) is 108 Å². The molecular formula is C38H42ClN3O4S. The second-order valence-corrected chi connectivity index (χ2v) is 14.6. The van der Waals surface area contributed by atoms with Crippen molar-refractivity contribution in [3.05, 3.63) is 130 Å². The fraction of sp³-hybridized carbons (Fsp3) is 0.316. The number of amides is 2. The summed E-state index contributed by atoms with van der Waals surface area (Å²) in [7, 11) is -4.20. The zero-order chi connectivity index (χ0) is 33.4. The van der Waals surface area contributed by atoms with Gasteiger partial charge in [-0.3, -0.25) is 13.9 Å². The summed E-state index contributed by atoms with van der Waals surface area (Å²) in [4.78, 5) is 30.4. The molecule has 1 aliphatic carbocycles. The van der Waals surface area contributed by atoms with Crippen molar-refractivity contribution in [2.75, 3.05) is 10.8 Å². The van der Waals surface area contributed by atoms with E-state index >= 15 is 0 Å². The van der Waals surface area contributed by atoms with E-state index in [1.807, 2.05) is 80.6 Å². The van der Waals surface area contributed by atoms with Gasteiger partial charge in [0.2, 0.25) is 11.8 Å². The quantitative estimate of drug-likeness (QED) is 0.172. The number of anilines is 1. The largest absolute Gasteiger partial charge is 0.352 e. The molecule has 1 saturated carbocycles. The molecule has 1 atom stereocenters. The summed E-state index contributed by atoms with van der Waals surface area (Å²) in [5.41, 5.74) is 3.99. The molecule has 0 bridgehead atoms. The Balaban J connectivity index is 1.56. The van der Waals surface area contributed by atoms with Crippen LogP contribution in [0.2, 0.25) is 5.02 Å². The van der Waals surface area contributed by atoms with Crippen LogP contribution in [0.1, 0.15) is 54.4 Å². The minimum Gasteiger partial charge on any atom is -0.352 e. The van der Waals surface area contributed by atoms with Crippen molar-refractivity contribution < 1.29 is 18.0 Å². The molecule has 0 radical (unpaired) electrons. The lowest BCUT2D eigenvalue weighted by Gasteiger charge is -2.35. The van der Waals surface area contributed by atoms with E-state index in [2.05, 4.69) is 5.32 Å². The molecule has 0 aliphatic heterocycles. The first-order valence-corrected chi connectivity index (χ1v) is 18.0. The third-order valence-corrected chi connectivity index (χ3v) is 10.9. The molecular weight excluding hydrogens is 630 g/mol. The lowest BCUT2D eigenvalue weighted by Crippen LogP contribution is -2.55. The Morgan fingerprint density at radius 3 is 2.04 bits per heavy atom. The Kier molecular flexibility index (Phi) is 11.4. The zero-order valence-electron chi connectivity index (χ0n) is 26.9. The average molecular weight is 672 g/mol. The standard InChI is InChI=1S/C38H42ClN3O4S/c1-28-18-21-34(24-29(28)2)42(47(45,46)35-22-19-32(39)20-23-35)27-37(43)41(26-31-14-8-4-9-15-31)36(25-30-12-6-3-7-13-30)38(44)40-33-16-10-5-11-17-33/h3-4,6-9,12-15,18-24,33,36H,5,10-11,16-17,25-27H2,1-2H3,(H,40,44). The molecule has 1 N–H and O–H groups in total. The van der Waals surface area contributed by atoms with Gasteiger partial charge in [-0.25, -0.2) is 8.42 Å². The molecule has 7 nitrogen and oxygen atoms in total. The maximum Gasteiger partial charge on any atom is 0.264 e. The van der Waals surface area contributed by atoms with Crippen LogP contribution in [-0.4, -0.2) is 43.8 Å². The van der Waals surface area contributed by atoms with Crippen LogP contribution in [0.4, 0.5) is 5.69 Å². The zero-order valence-corrected chi connectivity index (χ0v) is 28.5. The lowest BCUT2D eigenvalue weighted by atomic mass is 9.94. The number of nitrogens with one attached hydrogen (secondary N) is 1. The first-order chi connectivity index (χ1) is 22.6. The molecule has 246 valence electrons. The molecule has 9 heteroatoms. The van der Waals surface area contributed by atoms with E-state index in [0.29, 0.717) is 10.7 Å². The Morgan fingerprint density at radius 2 is 1.43 bits per heavy atom. The van der Waals surface area contributed by atoms with Gasteiger partial charge in [-0.15, -0.1) is 0 Å². The fourth-order valence-electron chi connectivity index (χ4n) is 6.02. The molecule has 4 aromatic carbocycles. The molecule has 0 aromatic heterocycles. The van der Waals surface area contributed by atoms with E-state index in [4.69, 9.17) is 11.6 Å². The molecule has 4 aromatic rings. The van der Waals surface area contributed by atoms with Crippen molar-refractivity contribution in [1.29, 1.82) is 0 Å². The Hall–Kier alpha value is -4.14. The number of hydrogen-bond acceptors (Lipinski definition) is 4. The van der Waals surface area contributed by atoms with Gasteiger partial charge in [0.25, 0.3) is 10.0 Å². The predicted molar refractivity (Wildman–Crippen MR) is 188 cm³/mol. The van der Waals surface area contributed by atoms with E-state index in [0.717, 1.165) is 58.7 Å². The first kappa shape index (κ1) is 34.2. The summed E-state index contributed by atoms with van der Waals surface area (Å²) in [6, 6.07) is 29.5. The number of benzene rings is 4. The van der Waals surface area contributed by atoms with Crippen LogP contribution in [-0.2, 0) is 32.6 Å². The molecule has 0 heterocycles. The molecule has 5 rings (SSSR count). The number of halogens is 1. The molecule has 2 amide bonds. The van der Waals surface area contributed by atoms with E-state index in [1.165, 1.54) is 24.3 Å². The van der Waals surface area contributed by atoms with Crippen LogP contribution < -0.4 is 9.62 Å². The van der Waals surface area contributed by atoms with Crippen molar-refractivity contribution in [3.63, 3.8) is 0 Å². The summed E-state index contributed by atoms with van der Waals surface area (Å²) in [6.07, 6.45) is 5.33. The van der Waals surface area contributed by atoms with Crippen molar-refractivity contribution >= 4 is 39.1 Å². The van der Waals surface area contributed by atoms with Crippen molar-refractivity contribution in [2.45, 2.75) is 75.9 Å². The second kappa shape index (κ2) is 15.6. The summed E-state index contributed by atoms with van der Waals surface area (Å²) in [5, 5.41) is 3.65. The minimum absolute atomic E-state index is 0.0124. The Bertz CT molecular complexity index is 1760. The molecule has 0 saturated heterocycles. The highest BCUT2D eigenvalue weighted by molar-refractivity contribution is 7.92. The number of nitrogens with zero attached hydrogens (tertiary/aromatic N) is 2. The monoisotopic (exact) mass is 671 g/mol. The Morgan fingerprint density at radius 1 is 0.809 bits per heavy atom. The maximum absolute atomic E-state index is 14.7. The van der Waals surface area contributed by atoms with Crippen LogP contribution in [0.3, 0.4) is 0 Å². The summed E-state index contributed by atoms with van der Waals surface area (Å²) in [6.45, 7) is 3.49. The number of rotatable bonds is 12. The van der Waals surface area contributed by atoms with Gasteiger partial charge >= 0.3 is 0 Å².